The molecule has 2 aromatic heterocycles. The molecule has 2 saturated heterocycles. The second kappa shape index (κ2) is 7.66. The first-order chi connectivity index (χ1) is 13.5. The fraction of sp³-hybridized carbons (Fsp3) is 0.700. The summed E-state index contributed by atoms with van der Waals surface area (Å²) in [4.78, 5) is 28.1. The monoisotopic (exact) mass is 386 g/mol. The van der Waals surface area contributed by atoms with Crippen molar-refractivity contribution >= 4 is 16.8 Å². The highest BCUT2D eigenvalue weighted by atomic mass is 16.2. The topological polar surface area (TPSA) is 85.0 Å². The van der Waals surface area contributed by atoms with Crippen molar-refractivity contribution in [2.75, 3.05) is 13.1 Å². The quantitative estimate of drug-likeness (QED) is 0.841. The van der Waals surface area contributed by atoms with Crippen molar-refractivity contribution in [1.82, 2.24) is 29.8 Å². The maximum atomic E-state index is 12.9. The fourth-order valence-corrected chi connectivity index (χ4v) is 4.64. The van der Waals surface area contributed by atoms with E-state index in [9.17, 15) is 9.59 Å². The molecule has 28 heavy (non-hydrogen) atoms. The third-order valence-electron chi connectivity index (χ3n) is 6.05. The zero-order valence-electron chi connectivity index (χ0n) is 17.0. The van der Waals surface area contributed by atoms with Crippen molar-refractivity contribution in [3.8, 4) is 0 Å². The lowest BCUT2D eigenvalue weighted by Crippen LogP contribution is -2.53. The van der Waals surface area contributed by atoms with Gasteiger partial charge in [0.15, 0.2) is 0 Å². The summed E-state index contributed by atoms with van der Waals surface area (Å²) in [7, 11) is 0. The highest BCUT2D eigenvalue weighted by Crippen LogP contribution is 2.27. The van der Waals surface area contributed by atoms with E-state index < -0.39 is 0 Å². The van der Waals surface area contributed by atoms with Gasteiger partial charge in [0.2, 0.25) is 5.91 Å². The van der Waals surface area contributed by atoms with E-state index in [1.54, 1.807) is 10.9 Å². The van der Waals surface area contributed by atoms with Gasteiger partial charge in [0.25, 0.3) is 5.56 Å². The van der Waals surface area contributed by atoms with E-state index in [0.717, 1.165) is 38.0 Å². The molecular weight excluding hydrogens is 356 g/mol. The Balaban J connectivity index is 1.57. The average Bonchev–Trinajstić information content (AvgIpc) is 3.31. The number of carbonyl (C=O) groups is 1. The van der Waals surface area contributed by atoms with Crippen LogP contribution < -0.4 is 10.9 Å². The van der Waals surface area contributed by atoms with Gasteiger partial charge in [-0.3, -0.25) is 19.2 Å². The molecule has 2 atom stereocenters. The molecule has 0 aliphatic carbocycles. The largest absolute Gasteiger partial charge is 0.350 e. The van der Waals surface area contributed by atoms with Crippen LogP contribution >= 0.6 is 0 Å². The van der Waals surface area contributed by atoms with Crippen LogP contribution in [0.5, 0.6) is 0 Å². The molecule has 1 amide bonds. The number of hydrogen-bond donors (Lipinski definition) is 1. The number of fused-ring (bicyclic) bond motifs is 2. The van der Waals surface area contributed by atoms with Gasteiger partial charge in [-0.25, -0.2) is 4.68 Å². The van der Waals surface area contributed by atoms with E-state index in [-0.39, 0.29) is 30.0 Å². The van der Waals surface area contributed by atoms with E-state index in [0.29, 0.717) is 23.5 Å². The number of aromatic nitrogens is 4. The van der Waals surface area contributed by atoms with Gasteiger partial charge in [-0.05, 0) is 51.6 Å². The lowest BCUT2D eigenvalue weighted by Gasteiger charge is -2.37. The summed E-state index contributed by atoms with van der Waals surface area (Å²) < 4.78 is 3.06. The Kier molecular flexibility index (Phi) is 5.23. The van der Waals surface area contributed by atoms with E-state index >= 15 is 0 Å². The Morgan fingerprint density at radius 2 is 2.00 bits per heavy atom. The van der Waals surface area contributed by atoms with E-state index in [2.05, 4.69) is 20.4 Å². The second-order valence-corrected chi connectivity index (χ2v) is 8.31. The summed E-state index contributed by atoms with van der Waals surface area (Å²) in [6, 6.07) is 0.620. The molecule has 2 aliphatic heterocycles. The lowest BCUT2D eigenvalue weighted by molar-refractivity contribution is -0.123. The lowest BCUT2D eigenvalue weighted by atomic mass is 9.96. The van der Waals surface area contributed by atoms with Crippen molar-refractivity contribution in [3.63, 3.8) is 0 Å². The van der Waals surface area contributed by atoms with Crippen molar-refractivity contribution in [2.45, 2.75) is 77.5 Å². The Morgan fingerprint density at radius 3 is 2.71 bits per heavy atom. The number of hydrogen-bond acceptors (Lipinski definition) is 5. The molecule has 2 aliphatic rings. The number of nitrogens with zero attached hydrogens (tertiary/aromatic N) is 5. The Morgan fingerprint density at radius 1 is 1.25 bits per heavy atom. The predicted octanol–water partition coefficient (Wildman–Crippen LogP) is 1.48. The zero-order chi connectivity index (χ0) is 19.8. The summed E-state index contributed by atoms with van der Waals surface area (Å²) in [6.07, 6.45) is 6.22. The van der Waals surface area contributed by atoms with Crippen molar-refractivity contribution < 1.29 is 4.79 Å². The Hall–Kier alpha value is -2.22. The van der Waals surface area contributed by atoms with Crippen molar-refractivity contribution in [3.05, 3.63) is 22.2 Å². The van der Waals surface area contributed by atoms with Gasteiger partial charge in [0, 0.05) is 24.8 Å². The summed E-state index contributed by atoms with van der Waals surface area (Å²) in [6.45, 7) is 8.94. The van der Waals surface area contributed by atoms with Gasteiger partial charge in [-0.15, -0.1) is 0 Å². The molecule has 0 saturated carbocycles. The van der Waals surface area contributed by atoms with Crippen LogP contribution in [0.25, 0.3) is 10.9 Å². The van der Waals surface area contributed by atoms with Crippen LogP contribution in [0.1, 0.15) is 58.1 Å². The van der Waals surface area contributed by atoms with Gasteiger partial charge >= 0.3 is 0 Å². The molecule has 152 valence electrons. The molecule has 1 N–H and O–H groups in total. The SMILES string of the molecule is CCn1cc2c(=O)n(CC(=O)N[C@H]3CCCN4CCC[C@@H]34)nc(C(C)C)c2n1. The first kappa shape index (κ1) is 19.1. The minimum absolute atomic E-state index is 0.0466. The highest BCUT2D eigenvalue weighted by molar-refractivity contribution is 5.80. The summed E-state index contributed by atoms with van der Waals surface area (Å²) in [5.41, 5.74) is 1.15. The number of piperidine rings is 1. The Labute approximate surface area is 164 Å². The zero-order valence-corrected chi connectivity index (χ0v) is 17.0. The average molecular weight is 387 g/mol. The molecule has 4 rings (SSSR count). The van der Waals surface area contributed by atoms with E-state index in [1.807, 2.05) is 20.8 Å². The molecule has 0 aromatic carbocycles. The third kappa shape index (κ3) is 3.45. The number of amides is 1. The standard InChI is InChI=1S/C20H30N6O2/c1-4-25-11-14-19(22-25)18(13(2)3)23-26(20(14)28)12-17(27)21-15-7-5-9-24-10-6-8-16(15)24/h11,13,15-16H,4-10,12H2,1-3H3,(H,21,27)/t15-,16-/m0/s1. The minimum Gasteiger partial charge on any atom is -0.350 e. The van der Waals surface area contributed by atoms with Crippen LogP contribution in [-0.4, -0.2) is 55.5 Å². The maximum absolute atomic E-state index is 12.9. The van der Waals surface area contributed by atoms with Gasteiger partial charge in [-0.2, -0.15) is 10.2 Å². The van der Waals surface area contributed by atoms with Crippen LogP contribution in [0.3, 0.4) is 0 Å². The van der Waals surface area contributed by atoms with Gasteiger partial charge in [0.1, 0.15) is 12.1 Å². The summed E-state index contributed by atoms with van der Waals surface area (Å²) in [5.74, 6) is -0.0201. The first-order valence-electron chi connectivity index (χ1n) is 10.5. The van der Waals surface area contributed by atoms with Crippen molar-refractivity contribution in [2.24, 2.45) is 0 Å². The number of carbonyl (C=O) groups excluding carboxylic acids is 1. The van der Waals surface area contributed by atoms with Gasteiger partial charge < -0.3 is 5.32 Å². The van der Waals surface area contributed by atoms with E-state index in [1.165, 1.54) is 11.1 Å². The normalized spacial score (nSPS) is 22.7. The first-order valence-corrected chi connectivity index (χ1v) is 10.5. The number of nitrogens with one attached hydrogen (secondary N) is 1. The second-order valence-electron chi connectivity index (χ2n) is 8.31. The molecular formula is C20H30N6O2. The van der Waals surface area contributed by atoms with Crippen LogP contribution in [-0.2, 0) is 17.9 Å². The molecule has 4 heterocycles. The van der Waals surface area contributed by atoms with Crippen molar-refractivity contribution in [1.29, 1.82) is 0 Å². The molecule has 0 unspecified atom stereocenters. The van der Waals surface area contributed by atoms with Crippen LogP contribution in [0.15, 0.2) is 11.0 Å². The van der Waals surface area contributed by atoms with Gasteiger partial charge in [-0.1, -0.05) is 13.8 Å². The maximum Gasteiger partial charge on any atom is 0.278 e. The molecule has 0 radical (unpaired) electrons. The minimum atomic E-state index is -0.250. The van der Waals surface area contributed by atoms with Gasteiger partial charge in [0.05, 0.1) is 11.1 Å². The summed E-state index contributed by atoms with van der Waals surface area (Å²) >= 11 is 0. The molecule has 2 fully saturated rings. The fourth-order valence-electron chi connectivity index (χ4n) is 4.64. The van der Waals surface area contributed by atoms with Crippen LogP contribution in [0.2, 0.25) is 0 Å². The van der Waals surface area contributed by atoms with Crippen LogP contribution in [0.4, 0.5) is 0 Å². The molecule has 0 spiro atoms. The molecule has 8 heteroatoms. The molecule has 2 aromatic rings. The predicted molar refractivity (Wildman–Crippen MR) is 107 cm³/mol. The third-order valence-corrected chi connectivity index (χ3v) is 6.05. The Bertz CT molecular complexity index is 931. The number of aryl methyl sites for hydroxylation is 1. The highest BCUT2D eigenvalue weighted by Gasteiger charge is 2.35. The van der Waals surface area contributed by atoms with E-state index in [4.69, 9.17) is 0 Å². The smallest absolute Gasteiger partial charge is 0.278 e. The molecule has 0 bridgehead atoms. The molecule has 8 nitrogen and oxygen atoms in total. The summed E-state index contributed by atoms with van der Waals surface area (Å²) in [5, 5.41) is 12.7. The number of rotatable bonds is 5. The van der Waals surface area contributed by atoms with Crippen LogP contribution in [0, 0.1) is 0 Å².